The number of nitrogens with two attached hydrogens (primary N) is 2. The summed E-state index contributed by atoms with van der Waals surface area (Å²) in [5.41, 5.74) is 13.3. The van der Waals surface area contributed by atoms with Gasteiger partial charge in [-0.15, -0.1) is 0 Å². The van der Waals surface area contributed by atoms with E-state index in [2.05, 4.69) is 20.2 Å². The number of benzene rings is 1. The highest BCUT2D eigenvalue weighted by atomic mass is 32.2. The number of aromatic nitrogens is 2. The first-order valence-electron chi connectivity index (χ1n) is 10.3. The maximum atomic E-state index is 14.3. The third-order valence-corrected chi connectivity index (χ3v) is 7.33. The van der Waals surface area contributed by atoms with E-state index in [1.165, 1.54) is 11.8 Å². The normalized spacial score (nSPS) is 21.3. The Morgan fingerprint density at radius 2 is 2.19 bits per heavy atom. The van der Waals surface area contributed by atoms with Crippen LogP contribution in [0, 0.1) is 5.41 Å². The largest absolute Gasteiger partial charge is 0.388 e. The molecule has 1 aromatic heterocycles. The van der Waals surface area contributed by atoms with Crippen molar-refractivity contribution in [2.75, 3.05) is 49.3 Å². The number of carbonyl (C=O) groups excluding carboxylic acids is 1. The molecule has 2 aromatic rings. The minimum Gasteiger partial charge on any atom is -0.388 e. The zero-order chi connectivity index (χ0) is 22.0. The average Bonchev–Trinajstić information content (AvgIpc) is 3.14. The number of alkyl halides is 1. The molecule has 2 aliphatic rings. The molecule has 3 heterocycles. The first-order valence-corrected chi connectivity index (χ1v) is 11.1. The van der Waals surface area contributed by atoms with Crippen LogP contribution in [0.3, 0.4) is 0 Å². The lowest BCUT2D eigenvalue weighted by molar-refractivity contribution is -0.112. The fourth-order valence-corrected chi connectivity index (χ4v) is 5.23. The van der Waals surface area contributed by atoms with Crippen molar-refractivity contribution in [3.8, 4) is 0 Å². The number of rotatable bonds is 6. The van der Waals surface area contributed by atoms with Gasteiger partial charge in [0.05, 0.1) is 19.4 Å². The summed E-state index contributed by atoms with van der Waals surface area (Å²) in [7, 11) is 1.68. The molecule has 2 aliphatic heterocycles. The van der Waals surface area contributed by atoms with Gasteiger partial charge in [0.15, 0.2) is 18.3 Å². The molecule has 0 radical (unpaired) electrons. The van der Waals surface area contributed by atoms with Crippen LogP contribution in [0.1, 0.15) is 24.6 Å². The summed E-state index contributed by atoms with van der Waals surface area (Å²) in [6, 6.07) is 5.33. The zero-order valence-electron chi connectivity index (χ0n) is 17.4. The number of ether oxygens (including phenoxy) is 1. The van der Waals surface area contributed by atoms with Crippen LogP contribution >= 0.6 is 11.8 Å². The highest BCUT2D eigenvalue weighted by Crippen LogP contribution is 2.41. The second kappa shape index (κ2) is 8.97. The third-order valence-electron chi connectivity index (χ3n) is 6.25. The Bertz CT molecular complexity index is 953. The van der Waals surface area contributed by atoms with Gasteiger partial charge in [-0.1, -0.05) is 17.8 Å². The van der Waals surface area contributed by atoms with Gasteiger partial charge < -0.3 is 26.4 Å². The van der Waals surface area contributed by atoms with E-state index in [1.54, 1.807) is 31.4 Å². The highest BCUT2D eigenvalue weighted by Gasteiger charge is 2.44. The second-order valence-electron chi connectivity index (χ2n) is 8.00. The first kappa shape index (κ1) is 21.8. The van der Waals surface area contributed by atoms with Gasteiger partial charge in [-0.2, -0.15) is 0 Å². The lowest BCUT2D eigenvalue weighted by Crippen LogP contribution is -2.49. The van der Waals surface area contributed by atoms with Gasteiger partial charge in [0.1, 0.15) is 10.8 Å². The number of nitrogens with zero attached hydrogens (tertiary/aromatic N) is 3. The average molecular weight is 447 g/mol. The number of nitrogen functional groups attached to an aromatic ring is 1. The molecule has 10 heteroatoms. The van der Waals surface area contributed by atoms with E-state index < -0.39 is 6.17 Å². The van der Waals surface area contributed by atoms with Crippen molar-refractivity contribution in [1.29, 1.82) is 0 Å². The minimum atomic E-state index is -1.74. The van der Waals surface area contributed by atoms with Crippen molar-refractivity contribution in [2.45, 2.75) is 35.0 Å². The molecule has 2 saturated heterocycles. The molecule has 166 valence electrons. The molecule has 0 bridgehead atoms. The lowest BCUT2D eigenvalue weighted by Gasteiger charge is -2.41. The van der Waals surface area contributed by atoms with E-state index in [0.717, 1.165) is 32.5 Å². The van der Waals surface area contributed by atoms with Crippen LogP contribution in [0.2, 0.25) is 0 Å². The molecule has 2 unspecified atom stereocenters. The van der Waals surface area contributed by atoms with Crippen molar-refractivity contribution < 1.29 is 13.9 Å². The minimum absolute atomic E-state index is 0.0570. The molecule has 1 spiro atoms. The van der Waals surface area contributed by atoms with Crippen LogP contribution in [-0.2, 0) is 9.53 Å². The topological polar surface area (TPSA) is 119 Å². The van der Waals surface area contributed by atoms with Crippen LogP contribution in [0.15, 0.2) is 34.3 Å². The molecule has 2 fully saturated rings. The van der Waals surface area contributed by atoms with E-state index in [1.807, 2.05) is 0 Å². The summed E-state index contributed by atoms with van der Waals surface area (Å²) < 4.78 is 19.9. The van der Waals surface area contributed by atoms with Gasteiger partial charge in [0.2, 0.25) is 0 Å². The van der Waals surface area contributed by atoms with Gasteiger partial charge in [0.25, 0.3) is 0 Å². The van der Waals surface area contributed by atoms with E-state index >= 15 is 0 Å². The van der Waals surface area contributed by atoms with Crippen LogP contribution in [0.25, 0.3) is 0 Å². The molecule has 0 amide bonds. The molecular formula is C21H27FN6O2S. The molecule has 8 nitrogen and oxygen atoms in total. The van der Waals surface area contributed by atoms with E-state index in [4.69, 9.17) is 16.2 Å². The number of hydrogen-bond donors (Lipinski definition) is 3. The number of anilines is 3. The molecular weight excluding hydrogens is 419 g/mol. The van der Waals surface area contributed by atoms with Crippen molar-refractivity contribution >= 4 is 35.4 Å². The predicted octanol–water partition coefficient (Wildman–Crippen LogP) is 2.41. The Labute approximate surface area is 184 Å². The maximum absolute atomic E-state index is 14.3. The maximum Gasteiger partial charge on any atom is 0.183 e. The first-order chi connectivity index (χ1) is 15.0. The Kier molecular flexibility index (Phi) is 6.31. The van der Waals surface area contributed by atoms with Crippen LogP contribution < -0.4 is 21.7 Å². The summed E-state index contributed by atoms with van der Waals surface area (Å²) in [5, 5.41) is 3.39. The van der Waals surface area contributed by atoms with Crippen LogP contribution in [0.5, 0.6) is 0 Å². The molecule has 0 saturated carbocycles. The smallest absolute Gasteiger partial charge is 0.183 e. The standard InChI is InChI=1S/C21H27FN6O2S/c1-25-14-3-2-4-15(18(14)13(22)10-29)31-20-19(24)27-17(9-26-20)28-7-5-21(6-8-28)12-30-11-16(21)23/h2-4,9-10,13,16,25H,5-8,11-12,23H2,1H3,(H2,24,27). The van der Waals surface area contributed by atoms with Crippen molar-refractivity contribution in [3.63, 3.8) is 0 Å². The van der Waals surface area contributed by atoms with Crippen molar-refractivity contribution in [2.24, 2.45) is 11.1 Å². The summed E-state index contributed by atoms with van der Waals surface area (Å²) in [6.45, 7) is 2.97. The van der Waals surface area contributed by atoms with Crippen molar-refractivity contribution in [3.05, 3.63) is 30.0 Å². The summed E-state index contributed by atoms with van der Waals surface area (Å²) >= 11 is 1.20. The Morgan fingerprint density at radius 1 is 1.42 bits per heavy atom. The van der Waals surface area contributed by atoms with E-state index in [0.29, 0.717) is 28.0 Å². The highest BCUT2D eigenvalue weighted by molar-refractivity contribution is 7.99. The Morgan fingerprint density at radius 3 is 2.81 bits per heavy atom. The van der Waals surface area contributed by atoms with Gasteiger partial charge >= 0.3 is 0 Å². The molecule has 1 aromatic carbocycles. The number of nitrogens with one attached hydrogen (secondary N) is 1. The van der Waals surface area contributed by atoms with Crippen molar-refractivity contribution in [1.82, 2.24) is 9.97 Å². The summed E-state index contributed by atoms with van der Waals surface area (Å²) in [5.74, 6) is 0.982. The summed E-state index contributed by atoms with van der Waals surface area (Å²) in [6.07, 6.45) is 2.11. The number of aldehydes is 1. The zero-order valence-corrected chi connectivity index (χ0v) is 18.2. The summed E-state index contributed by atoms with van der Waals surface area (Å²) in [4.78, 5) is 22.8. The molecule has 0 aliphatic carbocycles. The molecule has 5 N–H and O–H groups in total. The fraction of sp³-hybridized carbons (Fsp3) is 0.476. The number of halogens is 1. The molecule has 2 atom stereocenters. The monoisotopic (exact) mass is 446 g/mol. The molecule has 31 heavy (non-hydrogen) atoms. The Hall–Kier alpha value is -2.43. The molecule has 4 rings (SSSR count). The van der Waals surface area contributed by atoms with E-state index in [9.17, 15) is 9.18 Å². The van der Waals surface area contributed by atoms with Gasteiger partial charge in [-0.3, -0.25) is 4.79 Å². The number of carbonyl (C=O) groups is 1. The number of piperidine rings is 1. The van der Waals surface area contributed by atoms with Crippen LogP contribution in [0.4, 0.5) is 21.7 Å². The van der Waals surface area contributed by atoms with Gasteiger partial charge in [-0.05, 0) is 25.0 Å². The third kappa shape index (κ3) is 4.19. The number of hydrogen-bond acceptors (Lipinski definition) is 9. The van der Waals surface area contributed by atoms with E-state index in [-0.39, 0.29) is 29.1 Å². The second-order valence-corrected chi connectivity index (χ2v) is 9.03. The van der Waals surface area contributed by atoms with Gasteiger partial charge in [-0.25, -0.2) is 14.4 Å². The SMILES string of the molecule is CNc1cccc(Sc2ncc(N3CCC4(CC3)COCC4N)nc2N)c1C(F)C=O. The Balaban J connectivity index is 1.51. The van der Waals surface area contributed by atoms with Crippen LogP contribution in [-0.4, -0.2) is 55.6 Å². The predicted molar refractivity (Wildman–Crippen MR) is 119 cm³/mol. The quantitative estimate of drug-likeness (QED) is 0.575. The lowest BCUT2D eigenvalue weighted by atomic mass is 9.75. The van der Waals surface area contributed by atoms with Gasteiger partial charge in [0, 0.05) is 47.7 Å². The fourth-order valence-electron chi connectivity index (χ4n) is 4.29.